The first kappa shape index (κ1) is 30.2. The summed E-state index contributed by atoms with van der Waals surface area (Å²) in [5.41, 5.74) is -0.185. The Labute approximate surface area is 237 Å². The topological polar surface area (TPSA) is 109 Å². The van der Waals surface area contributed by atoms with Gasteiger partial charge in [-0.25, -0.2) is 0 Å². The fourth-order valence-corrected chi connectivity index (χ4v) is 5.56. The second-order valence-electron chi connectivity index (χ2n) is 10.6. The van der Waals surface area contributed by atoms with Crippen molar-refractivity contribution >= 4 is 29.2 Å². The fraction of sp³-hybridized carbons (Fsp3) is 0.593. The van der Waals surface area contributed by atoms with Crippen LogP contribution in [0.2, 0.25) is 5.02 Å². The summed E-state index contributed by atoms with van der Waals surface area (Å²) < 4.78 is 37.9. The molecule has 0 radical (unpaired) electrons. The number of anilines is 1. The number of nitrogens with zero attached hydrogens (tertiary/aromatic N) is 4. The molecule has 13 heteroatoms. The van der Waals surface area contributed by atoms with Crippen molar-refractivity contribution in [2.75, 3.05) is 57.8 Å². The molecule has 2 aliphatic rings. The first-order chi connectivity index (χ1) is 19.1. The van der Waals surface area contributed by atoms with E-state index in [-0.39, 0.29) is 22.4 Å². The molecular formula is C27H36ClF2N5O5. The molecule has 2 saturated heterocycles. The molecule has 1 atom stereocenters. The monoisotopic (exact) mass is 583 g/mol. The maximum Gasteiger partial charge on any atom is 0.387 e. The molecule has 10 nitrogen and oxygen atoms in total. The number of carbonyl (C=O) groups excluding carboxylic acids is 1. The van der Waals surface area contributed by atoms with Gasteiger partial charge < -0.3 is 24.8 Å². The summed E-state index contributed by atoms with van der Waals surface area (Å²) in [6.45, 7) is 5.20. The van der Waals surface area contributed by atoms with Gasteiger partial charge in [0.15, 0.2) is 5.75 Å². The van der Waals surface area contributed by atoms with Crippen LogP contribution in [0, 0.1) is 5.92 Å². The van der Waals surface area contributed by atoms with Crippen LogP contribution in [0.1, 0.15) is 38.3 Å². The molecule has 2 fully saturated rings. The van der Waals surface area contributed by atoms with E-state index in [9.17, 15) is 23.5 Å². The minimum atomic E-state index is -3.09. The molecule has 0 spiro atoms. The van der Waals surface area contributed by atoms with E-state index in [0.717, 1.165) is 5.69 Å². The summed E-state index contributed by atoms with van der Waals surface area (Å²) >= 11 is 5.98. The van der Waals surface area contributed by atoms with E-state index in [1.807, 2.05) is 19.9 Å². The number of carboxylic acid groups (broad SMARTS) is 1. The van der Waals surface area contributed by atoms with Crippen LogP contribution < -0.4 is 10.1 Å². The van der Waals surface area contributed by atoms with E-state index >= 15 is 0 Å². The van der Waals surface area contributed by atoms with E-state index in [1.54, 1.807) is 10.9 Å². The zero-order valence-electron chi connectivity index (χ0n) is 22.7. The van der Waals surface area contributed by atoms with Crippen molar-refractivity contribution in [2.24, 2.45) is 5.92 Å². The molecule has 2 aromatic rings. The first-order valence-corrected chi connectivity index (χ1v) is 13.8. The van der Waals surface area contributed by atoms with Gasteiger partial charge in [-0.2, -0.15) is 13.9 Å². The third kappa shape index (κ3) is 7.09. The summed E-state index contributed by atoms with van der Waals surface area (Å²) in [7, 11) is 0. The Morgan fingerprint density at radius 1 is 1.12 bits per heavy atom. The summed E-state index contributed by atoms with van der Waals surface area (Å²) in [6, 6.07) is 6.00. The lowest BCUT2D eigenvalue weighted by molar-refractivity contribution is -0.144. The maximum atomic E-state index is 14.0. The number of nitrogens with one attached hydrogen (secondary N) is 1. The van der Waals surface area contributed by atoms with Crippen LogP contribution in [-0.4, -0.2) is 95.7 Å². The molecule has 1 amide bonds. The maximum absolute atomic E-state index is 14.0. The van der Waals surface area contributed by atoms with Gasteiger partial charge in [-0.05, 0) is 37.0 Å². The molecule has 2 N–H and O–H groups in total. The Morgan fingerprint density at radius 3 is 2.38 bits per heavy atom. The number of hydrogen-bond acceptors (Lipinski definition) is 7. The number of amides is 1. The molecule has 1 aromatic heterocycles. The van der Waals surface area contributed by atoms with Crippen molar-refractivity contribution in [3.8, 4) is 5.75 Å². The van der Waals surface area contributed by atoms with Gasteiger partial charge in [-0.15, -0.1) is 0 Å². The van der Waals surface area contributed by atoms with Crippen LogP contribution in [-0.2, 0) is 19.9 Å². The highest BCUT2D eigenvalue weighted by atomic mass is 35.5. The van der Waals surface area contributed by atoms with Crippen LogP contribution in [0.3, 0.4) is 0 Å². The molecule has 0 bridgehead atoms. The summed E-state index contributed by atoms with van der Waals surface area (Å²) in [5.74, 6) is -2.02. The SMILES string of the molecule is CC(C)c1ccnn1C1(C(=O)Nc2ccc(Cl)cc2OC(F)F)CCN(CC(CN2CCOCC2)C(=O)O)CC1. The third-order valence-corrected chi connectivity index (χ3v) is 7.83. The van der Waals surface area contributed by atoms with Gasteiger partial charge in [0.1, 0.15) is 5.54 Å². The van der Waals surface area contributed by atoms with Gasteiger partial charge in [0.2, 0.25) is 0 Å². The zero-order chi connectivity index (χ0) is 28.9. The lowest BCUT2D eigenvalue weighted by Gasteiger charge is -2.42. The number of aromatic nitrogens is 2. The van der Waals surface area contributed by atoms with E-state index < -0.39 is 29.9 Å². The van der Waals surface area contributed by atoms with Crippen molar-refractivity contribution in [1.29, 1.82) is 0 Å². The molecule has 3 heterocycles. The standard InChI is InChI=1S/C27H36ClF2N5O5/c1-18(2)22-5-8-31-35(22)27(25(38)32-21-4-3-20(28)15-23(21)40-26(29)30)6-9-33(10-7-27)16-19(24(36)37)17-34-11-13-39-14-12-34/h3-5,8,15,18-19,26H,6-7,9-14,16-17H2,1-2H3,(H,32,38)(H,36,37). The van der Waals surface area contributed by atoms with E-state index in [4.69, 9.17) is 16.3 Å². The number of hydrogen-bond donors (Lipinski definition) is 2. The first-order valence-electron chi connectivity index (χ1n) is 13.4. The van der Waals surface area contributed by atoms with Crippen LogP contribution in [0.4, 0.5) is 14.5 Å². The summed E-state index contributed by atoms with van der Waals surface area (Å²) in [6.07, 6.45) is 2.35. The minimum absolute atomic E-state index is 0.0726. The number of alkyl halides is 2. The van der Waals surface area contributed by atoms with E-state index in [2.05, 4.69) is 25.0 Å². The predicted molar refractivity (Wildman–Crippen MR) is 145 cm³/mol. The molecule has 0 saturated carbocycles. The number of rotatable bonds is 11. The second kappa shape index (κ2) is 13.2. The van der Waals surface area contributed by atoms with Gasteiger partial charge in [-0.3, -0.25) is 19.2 Å². The van der Waals surface area contributed by atoms with Gasteiger partial charge >= 0.3 is 12.6 Å². The minimum Gasteiger partial charge on any atom is -0.481 e. The zero-order valence-corrected chi connectivity index (χ0v) is 23.4. The highest BCUT2D eigenvalue weighted by Crippen LogP contribution is 2.37. The second-order valence-corrected chi connectivity index (χ2v) is 11.0. The van der Waals surface area contributed by atoms with Crippen molar-refractivity contribution in [3.63, 3.8) is 0 Å². The molecule has 0 aliphatic carbocycles. The number of benzene rings is 1. The van der Waals surface area contributed by atoms with Crippen LogP contribution in [0.5, 0.6) is 5.75 Å². The number of ether oxygens (including phenoxy) is 2. The fourth-order valence-electron chi connectivity index (χ4n) is 5.40. The molecule has 220 valence electrons. The van der Waals surface area contributed by atoms with Gasteiger partial charge in [0, 0.05) is 62.2 Å². The Kier molecular flexibility index (Phi) is 9.99. The van der Waals surface area contributed by atoms with Crippen LogP contribution in [0.15, 0.2) is 30.5 Å². The number of aliphatic carboxylic acids is 1. The Balaban J connectivity index is 1.55. The smallest absolute Gasteiger partial charge is 0.387 e. The molecule has 1 aromatic carbocycles. The van der Waals surface area contributed by atoms with E-state index in [0.29, 0.717) is 65.3 Å². The van der Waals surface area contributed by atoms with Gasteiger partial charge in [0.25, 0.3) is 5.91 Å². The number of halogens is 3. The number of piperidine rings is 1. The third-order valence-electron chi connectivity index (χ3n) is 7.59. The number of likely N-dealkylation sites (tertiary alicyclic amines) is 1. The molecule has 2 aliphatic heterocycles. The Hall–Kier alpha value is -2.80. The summed E-state index contributed by atoms with van der Waals surface area (Å²) in [5, 5.41) is 17.4. The molecule has 40 heavy (non-hydrogen) atoms. The number of carboxylic acids is 1. The number of carbonyl (C=O) groups is 2. The largest absolute Gasteiger partial charge is 0.481 e. The lowest BCUT2D eigenvalue weighted by Crippen LogP contribution is -2.55. The molecule has 1 unspecified atom stereocenters. The van der Waals surface area contributed by atoms with Gasteiger partial charge in [-0.1, -0.05) is 25.4 Å². The van der Waals surface area contributed by atoms with Crippen molar-refractivity contribution in [2.45, 2.75) is 44.8 Å². The van der Waals surface area contributed by atoms with E-state index in [1.165, 1.54) is 18.2 Å². The van der Waals surface area contributed by atoms with Crippen LogP contribution >= 0.6 is 11.6 Å². The Morgan fingerprint density at radius 2 is 1.77 bits per heavy atom. The quantitative estimate of drug-likeness (QED) is 0.412. The highest BCUT2D eigenvalue weighted by molar-refractivity contribution is 6.30. The predicted octanol–water partition coefficient (Wildman–Crippen LogP) is 3.72. The Bertz CT molecular complexity index is 1170. The van der Waals surface area contributed by atoms with Crippen LogP contribution in [0.25, 0.3) is 0 Å². The molecule has 4 rings (SSSR count). The average molecular weight is 584 g/mol. The number of morpholine rings is 1. The summed E-state index contributed by atoms with van der Waals surface area (Å²) in [4.78, 5) is 30.3. The van der Waals surface area contributed by atoms with Crippen molar-refractivity contribution in [1.82, 2.24) is 19.6 Å². The lowest BCUT2D eigenvalue weighted by atomic mass is 9.85. The van der Waals surface area contributed by atoms with Crippen molar-refractivity contribution < 1.29 is 33.0 Å². The van der Waals surface area contributed by atoms with Crippen molar-refractivity contribution in [3.05, 3.63) is 41.2 Å². The normalized spacial score (nSPS) is 19.1. The van der Waals surface area contributed by atoms with Gasteiger partial charge in [0.05, 0.1) is 24.8 Å². The molecular weight excluding hydrogens is 548 g/mol. The average Bonchev–Trinajstić information content (AvgIpc) is 3.42. The highest BCUT2D eigenvalue weighted by Gasteiger charge is 2.46.